The molecule has 0 atom stereocenters. The predicted molar refractivity (Wildman–Crippen MR) is 218 cm³/mol. The summed E-state index contributed by atoms with van der Waals surface area (Å²) in [6, 6.07) is 69.2. The fourth-order valence-electron chi connectivity index (χ4n) is 7.33. The lowest BCUT2D eigenvalue weighted by molar-refractivity contribution is 0.669. The molecule has 0 N–H and O–H groups in total. The van der Waals surface area contributed by atoms with Gasteiger partial charge >= 0.3 is 0 Å². The van der Waals surface area contributed by atoms with Gasteiger partial charge in [0.1, 0.15) is 11.2 Å². The second kappa shape index (κ2) is 12.7. The van der Waals surface area contributed by atoms with Crippen molar-refractivity contribution >= 4 is 67.8 Å². The smallest absolute Gasteiger partial charge is 0.137 e. The zero-order chi connectivity index (χ0) is 34.4. The molecule has 1 aliphatic heterocycles. The molecule has 4 heteroatoms. The lowest BCUT2D eigenvalue weighted by Gasteiger charge is -2.34. The van der Waals surface area contributed by atoms with Crippen molar-refractivity contribution in [3.05, 3.63) is 194 Å². The van der Waals surface area contributed by atoms with Crippen LogP contribution in [0, 0.1) is 0 Å². The molecular formula is C48H32N2OS. The summed E-state index contributed by atoms with van der Waals surface area (Å²) >= 11 is 1.82. The lowest BCUT2D eigenvalue weighted by atomic mass is 10.00. The standard InChI is InChI=1S/C48H32N2OS/c1-3-11-33(12-4-1)34-19-21-35(22-20-34)36-23-25-38(26-24-36)49(37-13-5-2-6-14-37)40-28-30-44-48(32-40)52-47-18-10-8-16-43(47)50(44)39-27-29-42-41-15-7-9-17-45(41)51-46(42)31-39/h1-32H. The third kappa shape index (κ3) is 5.33. The van der Waals surface area contributed by atoms with Crippen LogP contribution in [-0.2, 0) is 0 Å². The third-order valence-electron chi connectivity index (χ3n) is 9.85. The van der Waals surface area contributed by atoms with E-state index in [-0.39, 0.29) is 0 Å². The van der Waals surface area contributed by atoms with E-state index in [1.165, 1.54) is 32.0 Å². The minimum Gasteiger partial charge on any atom is -0.456 e. The van der Waals surface area contributed by atoms with Crippen molar-refractivity contribution in [2.75, 3.05) is 9.80 Å². The van der Waals surface area contributed by atoms with E-state index in [0.717, 1.165) is 56.1 Å². The maximum absolute atomic E-state index is 6.33. The monoisotopic (exact) mass is 684 g/mol. The van der Waals surface area contributed by atoms with Crippen LogP contribution in [0.25, 0.3) is 44.2 Å². The van der Waals surface area contributed by atoms with Crippen LogP contribution in [0.5, 0.6) is 0 Å². The number of furan rings is 1. The Labute approximate surface area is 307 Å². The molecule has 52 heavy (non-hydrogen) atoms. The molecule has 0 radical (unpaired) electrons. The Morgan fingerprint density at radius 3 is 1.71 bits per heavy atom. The highest BCUT2D eigenvalue weighted by molar-refractivity contribution is 7.99. The van der Waals surface area contributed by atoms with Crippen molar-refractivity contribution in [2.24, 2.45) is 0 Å². The van der Waals surface area contributed by atoms with Gasteiger partial charge < -0.3 is 14.2 Å². The maximum Gasteiger partial charge on any atom is 0.137 e. The molecule has 246 valence electrons. The van der Waals surface area contributed by atoms with Gasteiger partial charge in [0.2, 0.25) is 0 Å². The van der Waals surface area contributed by atoms with E-state index in [1.807, 2.05) is 23.9 Å². The van der Waals surface area contributed by atoms with Gasteiger partial charge in [-0.05, 0) is 95.1 Å². The van der Waals surface area contributed by atoms with E-state index >= 15 is 0 Å². The van der Waals surface area contributed by atoms with Crippen LogP contribution in [0.1, 0.15) is 0 Å². The summed E-state index contributed by atoms with van der Waals surface area (Å²) < 4.78 is 6.33. The quantitative estimate of drug-likeness (QED) is 0.174. The van der Waals surface area contributed by atoms with Gasteiger partial charge in [-0.25, -0.2) is 0 Å². The van der Waals surface area contributed by atoms with Crippen molar-refractivity contribution in [3.63, 3.8) is 0 Å². The Hall–Kier alpha value is -6.49. The largest absolute Gasteiger partial charge is 0.456 e. The van der Waals surface area contributed by atoms with Gasteiger partial charge in [0, 0.05) is 49.4 Å². The number of hydrogen-bond donors (Lipinski definition) is 0. The van der Waals surface area contributed by atoms with Gasteiger partial charge in [-0.1, -0.05) is 127 Å². The van der Waals surface area contributed by atoms with E-state index in [0.29, 0.717) is 0 Å². The molecule has 1 aliphatic rings. The first kappa shape index (κ1) is 30.3. The SMILES string of the molecule is c1ccc(-c2ccc(-c3ccc(N(c4ccccc4)c4ccc5c(c4)Sc4ccccc4N5c4ccc5c(c4)oc4ccccc45)cc3)cc2)cc1. The molecule has 0 bridgehead atoms. The van der Waals surface area contributed by atoms with Gasteiger partial charge in [-0.15, -0.1) is 0 Å². The van der Waals surface area contributed by atoms with Crippen LogP contribution in [0.3, 0.4) is 0 Å². The topological polar surface area (TPSA) is 19.6 Å². The predicted octanol–water partition coefficient (Wildman–Crippen LogP) is 14.3. The van der Waals surface area contributed by atoms with Crippen molar-refractivity contribution in [1.82, 2.24) is 0 Å². The second-order valence-electron chi connectivity index (χ2n) is 13.0. The molecule has 0 fully saturated rings. The van der Waals surface area contributed by atoms with Crippen molar-refractivity contribution in [3.8, 4) is 22.3 Å². The summed E-state index contributed by atoms with van der Waals surface area (Å²) in [6.45, 7) is 0. The van der Waals surface area contributed by atoms with Crippen molar-refractivity contribution < 1.29 is 4.42 Å². The van der Waals surface area contributed by atoms with Crippen LogP contribution in [0.4, 0.5) is 34.1 Å². The molecule has 3 nitrogen and oxygen atoms in total. The van der Waals surface area contributed by atoms with Crippen molar-refractivity contribution in [2.45, 2.75) is 9.79 Å². The van der Waals surface area contributed by atoms with Crippen molar-refractivity contribution in [1.29, 1.82) is 0 Å². The first-order chi connectivity index (χ1) is 25.8. The van der Waals surface area contributed by atoms with Gasteiger partial charge in [-0.2, -0.15) is 0 Å². The number of rotatable bonds is 6. The summed E-state index contributed by atoms with van der Waals surface area (Å²) in [7, 11) is 0. The highest BCUT2D eigenvalue weighted by Crippen LogP contribution is 2.53. The second-order valence-corrected chi connectivity index (χ2v) is 14.1. The first-order valence-corrected chi connectivity index (χ1v) is 18.3. The number of hydrogen-bond acceptors (Lipinski definition) is 4. The average Bonchev–Trinajstić information content (AvgIpc) is 3.59. The third-order valence-corrected chi connectivity index (χ3v) is 11.0. The Morgan fingerprint density at radius 1 is 0.385 bits per heavy atom. The number of nitrogens with zero attached hydrogens (tertiary/aromatic N) is 2. The number of fused-ring (bicyclic) bond motifs is 5. The Kier molecular flexibility index (Phi) is 7.40. The van der Waals surface area contributed by atoms with E-state index in [4.69, 9.17) is 4.42 Å². The normalized spacial score (nSPS) is 12.1. The summed E-state index contributed by atoms with van der Waals surface area (Å²) in [6.07, 6.45) is 0. The molecule has 8 aromatic carbocycles. The summed E-state index contributed by atoms with van der Waals surface area (Å²) in [5, 5.41) is 2.27. The van der Waals surface area contributed by atoms with Gasteiger partial charge in [0.15, 0.2) is 0 Å². The van der Waals surface area contributed by atoms with Gasteiger partial charge in [0.05, 0.1) is 11.4 Å². The molecule has 0 saturated heterocycles. The fraction of sp³-hybridized carbons (Fsp3) is 0. The van der Waals surface area contributed by atoms with E-state index in [1.54, 1.807) is 0 Å². The van der Waals surface area contributed by atoms with Gasteiger partial charge in [-0.3, -0.25) is 0 Å². The Balaban J connectivity index is 1.03. The van der Waals surface area contributed by atoms with Gasteiger partial charge in [0.25, 0.3) is 0 Å². The lowest BCUT2D eigenvalue weighted by Crippen LogP contribution is -2.16. The number of benzene rings is 8. The summed E-state index contributed by atoms with van der Waals surface area (Å²) in [5.74, 6) is 0. The molecule has 0 amide bonds. The highest BCUT2D eigenvalue weighted by atomic mass is 32.2. The Morgan fingerprint density at radius 2 is 0.942 bits per heavy atom. The molecule has 10 rings (SSSR count). The maximum atomic E-state index is 6.33. The summed E-state index contributed by atoms with van der Waals surface area (Å²) in [5.41, 5.74) is 13.3. The molecule has 2 heterocycles. The van der Waals surface area contributed by atoms with E-state index in [2.05, 4.69) is 192 Å². The molecule has 9 aromatic rings. The molecule has 0 aliphatic carbocycles. The first-order valence-electron chi connectivity index (χ1n) is 17.5. The average molecular weight is 685 g/mol. The fourth-order valence-corrected chi connectivity index (χ4v) is 8.42. The van der Waals surface area contributed by atoms with E-state index in [9.17, 15) is 0 Å². The van der Waals surface area contributed by atoms with E-state index < -0.39 is 0 Å². The molecule has 0 spiro atoms. The molecule has 1 aromatic heterocycles. The zero-order valence-corrected chi connectivity index (χ0v) is 29.0. The van der Waals surface area contributed by atoms with Crippen LogP contribution in [0.15, 0.2) is 208 Å². The highest BCUT2D eigenvalue weighted by Gasteiger charge is 2.27. The number of anilines is 6. The van der Waals surface area contributed by atoms with Crippen LogP contribution >= 0.6 is 11.8 Å². The minimum absolute atomic E-state index is 0.887. The zero-order valence-electron chi connectivity index (χ0n) is 28.2. The molecular weight excluding hydrogens is 653 g/mol. The molecule has 0 unspecified atom stereocenters. The number of para-hydroxylation sites is 3. The molecule has 0 saturated carbocycles. The summed E-state index contributed by atoms with van der Waals surface area (Å²) in [4.78, 5) is 7.11. The van der Waals surface area contributed by atoms with Crippen LogP contribution in [0.2, 0.25) is 0 Å². The minimum atomic E-state index is 0.887. The van der Waals surface area contributed by atoms with Crippen LogP contribution < -0.4 is 9.80 Å². The van der Waals surface area contributed by atoms with Crippen LogP contribution in [-0.4, -0.2) is 0 Å². The Bertz CT molecular complexity index is 2700.